The molecule has 0 atom stereocenters. The van der Waals surface area contributed by atoms with Gasteiger partial charge in [0.2, 0.25) is 0 Å². The first-order valence-electron chi connectivity index (χ1n) is 7.40. The Kier molecular flexibility index (Phi) is 4.42. The van der Waals surface area contributed by atoms with Crippen LogP contribution in [-0.2, 0) is 13.0 Å². The zero-order valence-electron chi connectivity index (χ0n) is 13.5. The Labute approximate surface area is 130 Å². The van der Waals surface area contributed by atoms with Crippen molar-refractivity contribution >= 4 is 5.69 Å². The number of hydrogen-bond acceptors (Lipinski definition) is 5. The second kappa shape index (κ2) is 5.96. The Morgan fingerprint density at radius 2 is 2.00 bits per heavy atom. The van der Waals surface area contributed by atoms with Crippen molar-refractivity contribution in [2.45, 2.75) is 46.3 Å². The van der Waals surface area contributed by atoms with Crippen molar-refractivity contribution in [1.82, 2.24) is 14.8 Å². The van der Waals surface area contributed by atoms with Crippen LogP contribution in [0.2, 0.25) is 0 Å². The number of nitrogen functional groups attached to an aromatic ring is 1. The number of aromatic nitrogens is 3. The van der Waals surface area contributed by atoms with Crippen LogP contribution in [0, 0.1) is 5.92 Å². The summed E-state index contributed by atoms with van der Waals surface area (Å²) in [6.07, 6.45) is 0.741. The Bertz CT molecular complexity index is 657. The van der Waals surface area contributed by atoms with Crippen molar-refractivity contribution in [3.8, 4) is 17.1 Å². The number of nitrogens with two attached hydrogens (primary N) is 1. The summed E-state index contributed by atoms with van der Waals surface area (Å²) in [6.45, 7) is 7.92. The molecule has 2 rings (SSSR count). The summed E-state index contributed by atoms with van der Waals surface area (Å²) >= 11 is 0. The third-order valence-electron chi connectivity index (χ3n) is 3.12. The fourth-order valence-corrected chi connectivity index (χ4v) is 2.25. The molecule has 0 unspecified atom stereocenters. The summed E-state index contributed by atoms with van der Waals surface area (Å²) in [4.78, 5) is 4.56. The van der Waals surface area contributed by atoms with E-state index in [2.05, 4.69) is 23.9 Å². The summed E-state index contributed by atoms with van der Waals surface area (Å²) in [6, 6.07) is 4.74. The largest absolute Gasteiger partial charge is 0.508 e. The van der Waals surface area contributed by atoms with Gasteiger partial charge in [0.05, 0.1) is 12.1 Å². The van der Waals surface area contributed by atoms with Gasteiger partial charge in [-0.2, -0.15) is 5.10 Å². The van der Waals surface area contributed by atoms with Crippen LogP contribution in [0.3, 0.4) is 0 Å². The number of rotatable bonds is 5. The second-order valence-electron chi connectivity index (χ2n) is 6.69. The van der Waals surface area contributed by atoms with Crippen molar-refractivity contribution in [3.63, 3.8) is 0 Å². The maximum atomic E-state index is 10.1. The Morgan fingerprint density at radius 1 is 1.32 bits per heavy atom. The summed E-state index contributed by atoms with van der Waals surface area (Å²) in [5.74, 6) is 1.81. The number of benzene rings is 1. The van der Waals surface area contributed by atoms with Crippen LogP contribution in [0.25, 0.3) is 11.4 Å². The van der Waals surface area contributed by atoms with Gasteiger partial charge >= 0.3 is 0 Å². The van der Waals surface area contributed by atoms with Crippen molar-refractivity contribution in [1.29, 1.82) is 0 Å². The molecule has 0 radical (unpaired) electrons. The van der Waals surface area contributed by atoms with Crippen molar-refractivity contribution in [2.75, 3.05) is 5.73 Å². The lowest BCUT2D eigenvalue weighted by Crippen LogP contribution is -2.27. The normalized spacial score (nSPS) is 12.1. The third kappa shape index (κ3) is 3.98. The lowest BCUT2D eigenvalue weighted by Gasteiger charge is -2.18. The highest BCUT2D eigenvalue weighted by Crippen LogP contribution is 2.29. The van der Waals surface area contributed by atoms with E-state index < -0.39 is 5.60 Å². The highest BCUT2D eigenvalue weighted by atomic mass is 16.3. The van der Waals surface area contributed by atoms with E-state index in [1.807, 2.05) is 0 Å². The molecule has 4 N–H and O–H groups in total. The molecule has 1 aromatic heterocycles. The molecule has 2 aromatic rings. The van der Waals surface area contributed by atoms with Crippen molar-refractivity contribution in [2.24, 2.45) is 5.92 Å². The van der Waals surface area contributed by atoms with Gasteiger partial charge in [-0.3, -0.25) is 0 Å². The highest BCUT2D eigenvalue weighted by molar-refractivity contribution is 5.73. The fraction of sp³-hybridized carbons (Fsp3) is 0.500. The second-order valence-corrected chi connectivity index (χ2v) is 6.69. The van der Waals surface area contributed by atoms with E-state index in [9.17, 15) is 10.2 Å². The first kappa shape index (κ1) is 16.3. The number of nitrogens with zero attached hydrogens (tertiary/aromatic N) is 3. The maximum absolute atomic E-state index is 10.1. The standard InChI is InChI=1S/C16H24N4O2/c1-10(2)7-14-18-15(20(19-14)9-16(3,4)22)12-8-11(21)5-6-13(12)17/h5-6,8,10,21-22H,7,9,17H2,1-4H3. The van der Waals surface area contributed by atoms with Gasteiger partial charge in [0.15, 0.2) is 11.6 Å². The van der Waals surface area contributed by atoms with E-state index in [4.69, 9.17) is 5.73 Å². The molecule has 6 nitrogen and oxygen atoms in total. The molecule has 1 heterocycles. The lowest BCUT2D eigenvalue weighted by atomic mass is 10.1. The predicted molar refractivity (Wildman–Crippen MR) is 86.4 cm³/mol. The summed E-state index contributed by atoms with van der Waals surface area (Å²) in [7, 11) is 0. The number of phenolic OH excluding ortho intramolecular Hbond substituents is 1. The Morgan fingerprint density at radius 3 is 2.59 bits per heavy atom. The van der Waals surface area contributed by atoms with Gasteiger partial charge in [0, 0.05) is 17.7 Å². The fourth-order valence-electron chi connectivity index (χ4n) is 2.25. The number of anilines is 1. The third-order valence-corrected chi connectivity index (χ3v) is 3.12. The minimum Gasteiger partial charge on any atom is -0.508 e. The Hall–Kier alpha value is -2.08. The van der Waals surface area contributed by atoms with Crippen LogP contribution < -0.4 is 5.73 Å². The van der Waals surface area contributed by atoms with Crippen molar-refractivity contribution < 1.29 is 10.2 Å². The molecule has 6 heteroatoms. The number of hydrogen-bond donors (Lipinski definition) is 3. The maximum Gasteiger partial charge on any atom is 0.160 e. The van der Waals surface area contributed by atoms with Crippen molar-refractivity contribution in [3.05, 3.63) is 24.0 Å². The van der Waals surface area contributed by atoms with Crippen LogP contribution in [0.5, 0.6) is 5.75 Å². The monoisotopic (exact) mass is 304 g/mol. The van der Waals surface area contributed by atoms with Gasteiger partial charge in [0.25, 0.3) is 0 Å². The summed E-state index contributed by atoms with van der Waals surface area (Å²) in [5.41, 5.74) is 6.21. The highest BCUT2D eigenvalue weighted by Gasteiger charge is 2.21. The first-order chi connectivity index (χ1) is 10.2. The van der Waals surface area contributed by atoms with E-state index in [0.29, 0.717) is 35.4 Å². The predicted octanol–water partition coefficient (Wildman–Crippen LogP) is 2.20. The van der Waals surface area contributed by atoms with Gasteiger partial charge in [0.1, 0.15) is 5.75 Å². The molecule has 0 saturated heterocycles. The minimum absolute atomic E-state index is 0.118. The Balaban J connectivity index is 2.52. The number of aliphatic hydroxyl groups is 1. The zero-order valence-corrected chi connectivity index (χ0v) is 13.5. The smallest absolute Gasteiger partial charge is 0.160 e. The van der Waals surface area contributed by atoms with Crippen LogP contribution in [0.15, 0.2) is 18.2 Å². The quantitative estimate of drug-likeness (QED) is 0.581. The molecule has 0 spiro atoms. The molecule has 0 amide bonds. The van der Waals surface area contributed by atoms with E-state index >= 15 is 0 Å². The van der Waals surface area contributed by atoms with Crippen LogP contribution >= 0.6 is 0 Å². The molecule has 0 aliphatic rings. The number of phenols is 1. The van der Waals surface area contributed by atoms with E-state index in [0.717, 1.165) is 6.42 Å². The van der Waals surface area contributed by atoms with Crippen LogP contribution in [0.4, 0.5) is 5.69 Å². The van der Waals surface area contributed by atoms with Gasteiger partial charge in [-0.1, -0.05) is 13.8 Å². The van der Waals surface area contributed by atoms with E-state index in [1.165, 1.54) is 6.07 Å². The first-order valence-corrected chi connectivity index (χ1v) is 7.40. The average Bonchev–Trinajstić information content (AvgIpc) is 2.71. The van der Waals surface area contributed by atoms with E-state index in [1.54, 1.807) is 30.7 Å². The van der Waals surface area contributed by atoms with Crippen LogP contribution in [-0.4, -0.2) is 30.6 Å². The number of aromatic hydroxyl groups is 1. The van der Waals surface area contributed by atoms with Crippen LogP contribution in [0.1, 0.15) is 33.5 Å². The molecule has 0 saturated carbocycles. The molecule has 0 aliphatic carbocycles. The zero-order chi connectivity index (χ0) is 16.5. The van der Waals surface area contributed by atoms with E-state index in [-0.39, 0.29) is 5.75 Å². The molecule has 1 aromatic carbocycles. The molecule has 0 fully saturated rings. The SMILES string of the molecule is CC(C)Cc1nc(-c2cc(O)ccc2N)n(CC(C)(C)O)n1. The topological polar surface area (TPSA) is 97.2 Å². The molecule has 22 heavy (non-hydrogen) atoms. The molecular formula is C16H24N4O2. The molecule has 120 valence electrons. The molecular weight excluding hydrogens is 280 g/mol. The summed E-state index contributed by atoms with van der Waals surface area (Å²) < 4.78 is 1.66. The lowest BCUT2D eigenvalue weighted by molar-refractivity contribution is 0.0581. The average molecular weight is 304 g/mol. The summed E-state index contributed by atoms with van der Waals surface area (Å²) in [5, 5.41) is 24.3. The molecule has 0 aliphatic heterocycles. The van der Waals surface area contributed by atoms with Gasteiger partial charge < -0.3 is 15.9 Å². The minimum atomic E-state index is -0.927. The van der Waals surface area contributed by atoms with Gasteiger partial charge in [-0.05, 0) is 38.0 Å². The van der Waals surface area contributed by atoms with Gasteiger partial charge in [-0.25, -0.2) is 9.67 Å². The van der Waals surface area contributed by atoms with Gasteiger partial charge in [-0.15, -0.1) is 0 Å². The molecule has 0 bridgehead atoms.